The van der Waals surface area contributed by atoms with E-state index >= 15 is 8.78 Å². The number of carboxylic acid groups (broad SMARTS) is 1. The molecular weight excluding hydrogens is 578 g/mol. The lowest BCUT2D eigenvalue weighted by atomic mass is 9.94. The van der Waals surface area contributed by atoms with Crippen LogP contribution in [0.15, 0.2) is 83.1 Å². The topological polar surface area (TPSA) is 111 Å². The molecule has 0 spiro atoms. The van der Waals surface area contributed by atoms with Gasteiger partial charge in [-0.3, -0.25) is 0 Å². The number of aromatic nitrogens is 3. The Hall–Kier alpha value is -4.32. The van der Waals surface area contributed by atoms with Crippen LogP contribution in [0.25, 0.3) is 27.5 Å². The van der Waals surface area contributed by atoms with Gasteiger partial charge in [-0.2, -0.15) is 5.10 Å². The summed E-state index contributed by atoms with van der Waals surface area (Å²) >= 11 is 1.14. The Bertz CT molecular complexity index is 1890. The van der Waals surface area contributed by atoms with Crippen molar-refractivity contribution < 1.29 is 22.9 Å². The van der Waals surface area contributed by atoms with E-state index in [-0.39, 0.29) is 22.9 Å². The Labute approximate surface area is 246 Å². The number of halogens is 2. The maximum absolute atomic E-state index is 15.3. The summed E-state index contributed by atoms with van der Waals surface area (Å²) in [6.07, 6.45) is 4.72. The molecule has 0 amide bonds. The second-order valence-corrected chi connectivity index (χ2v) is 12.1. The Morgan fingerprint density at radius 2 is 1.79 bits per heavy atom. The van der Waals surface area contributed by atoms with Crippen molar-refractivity contribution >= 4 is 28.3 Å². The van der Waals surface area contributed by atoms with E-state index in [1.165, 1.54) is 23.6 Å². The summed E-state index contributed by atoms with van der Waals surface area (Å²) in [6, 6.07) is 16.5. The maximum Gasteiger partial charge on any atom is 0.355 e. The van der Waals surface area contributed by atoms with Gasteiger partial charge < -0.3 is 5.11 Å². The van der Waals surface area contributed by atoms with Crippen LogP contribution in [0.1, 0.15) is 32.9 Å². The molecule has 0 bridgehead atoms. The van der Waals surface area contributed by atoms with Gasteiger partial charge in [0.15, 0.2) is 21.6 Å². The van der Waals surface area contributed by atoms with E-state index in [4.69, 9.17) is 10.2 Å². The predicted octanol–water partition coefficient (Wildman–Crippen LogP) is 6.20. The summed E-state index contributed by atoms with van der Waals surface area (Å²) in [5.74, 6) is -1.94. The normalized spacial score (nSPS) is 13.4. The summed E-state index contributed by atoms with van der Waals surface area (Å²) in [7, 11) is -2.20. The van der Waals surface area contributed by atoms with E-state index in [0.717, 1.165) is 22.6 Å². The molecule has 2 aromatic heterocycles. The van der Waals surface area contributed by atoms with Crippen molar-refractivity contribution in [1.29, 1.82) is 0 Å². The molecule has 7 nitrogen and oxygen atoms in total. The van der Waals surface area contributed by atoms with Gasteiger partial charge in [-0.1, -0.05) is 52.3 Å². The number of benzene rings is 3. The Kier molecular flexibility index (Phi) is 7.40. The van der Waals surface area contributed by atoms with Crippen molar-refractivity contribution in [2.45, 2.75) is 24.7 Å². The minimum atomic E-state index is -2.20. The average molecular weight is 604 g/mol. The number of hydrogen-bond donors (Lipinski definition) is 2. The fraction of sp³-hybridized carbons (Fsp3) is 0.129. The van der Waals surface area contributed by atoms with E-state index in [1.807, 2.05) is 43.3 Å². The molecule has 11 heteroatoms. The first-order chi connectivity index (χ1) is 20.2. The molecule has 0 radical (unpaired) electrons. The van der Waals surface area contributed by atoms with Crippen LogP contribution in [0, 0.1) is 24.5 Å². The summed E-state index contributed by atoms with van der Waals surface area (Å²) < 4.78 is 43.7. The molecule has 0 aliphatic heterocycles. The van der Waals surface area contributed by atoms with Gasteiger partial charge in [0.25, 0.3) is 0 Å². The number of aryl methyl sites for hydroxylation is 1. The number of allylic oxidation sites excluding steroid dienone is 2. The molecule has 5 aromatic rings. The van der Waals surface area contributed by atoms with Crippen molar-refractivity contribution in [1.82, 2.24) is 14.8 Å². The number of rotatable bonds is 9. The Balaban J connectivity index is 1.54. The molecule has 0 saturated carbocycles. The molecule has 3 aromatic carbocycles. The van der Waals surface area contributed by atoms with Crippen molar-refractivity contribution in [2.24, 2.45) is 11.1 Å². The van der Waals surface area contributed by atoms with Crippen LogP contribution in [0.4, 0.5) is 8.78 Å². The van der Waals surface area contributed by atoms with Gasteiger partial charge in [0.05, 0.1) is 11.4 Å². The number of thiazole rings is 1. The molecule has 212 valence electrons. The van der Waals surface area contributed by atoms with E-state index in [0.29, 0.717) is 45.1 Å². The number of carbonyl (C=O) groups is 1. The number of nitrogens with zero attached hydrogens (tertiary/aromatic N) is 3. The summed E-state index contributed by atoms with van der Waals surface area (Å²) in [5, 5.41) is 21.6. The van der Waals surface area contributed by atoms with E-state index in [1.54, 1.807) is 22.9 Å². The molecule has 1 aliphatic carbocycles. The molecule has 3 N–H and O–H groups in total. The molecule has 6 rings (SSSR count). The lowest BCUT2D eigenvalue weighted by Gasteiger charge is -2.11. The highest BCUT2D eigenvalue weighted by molar-refractivity contribution is 7.82. The predicted molar refractivity (Wildman–Crippen MR) is 159 cm³/mol. The van der Waals surface area contributed by atoms with Crippen LogP contribution < -0.4 is 5.14 Å². The van der Waals surface area contributed by atoms with Gasteiger partial charge in [0.2, 0.25) is 5.13 Å². The van der Waals surface area contributed by atoms with Gasteiger partial charge in [-0.05, 0) is 48.7 Å². The first-order valence-electron chi connectivity index (χ1n) is 13.0. The minimum absolute atomic E-state index is 0.106. The van der Waals surface area contributed by atoms with E-state index in [2.05, 4.69) is 4.98 Å². The van der Waals surface area contributed by atoms with Gasteiger partial charge in [-0.25, -0.2) is 23.2 Å². The van der Waals surface area contributed by atoms with Crippen LogP contribution >= 0.6 is 11.3 Å². The highest BCUT2D eigenvalue weighted by atomic mass is 32.2. The van der Waals surface area contributed by atoms with Crippen molar-refractivity contribution in [2.75, 3.05) is 0 Å². The molecule has 0 fully saturated rings. The third-order valence-corrected chi connectivity index (χ3v) is 8.74. The van der Waals surface area contributed by atoms with Crippen LogP contribution in [0.2, 0.25) is 0 Å². The second kappa shape index (κ2) is 11.2. The summed E-state index contributed by atoms with van der Waals surface area (Å²) in [6.45, 7) is 1.96. The quantitative estimate of drug-likeness (QED) is 0.119. The number of nitrogens with two attached hydrogens (primary N) is 1. The molecular formula is C31H25F2N4O3S2+. The molecule has 0 saturated heterocycles. The van der Waals surface area contributed by atoms with Gasteiger partial charge >= 0.3 is 5.97 Å². The largest absolute Gasteiger partial charge is 0.476 e. The van der Waals surface area contributed by atoms with Crippen LogP contribution in [0.5, 0.6) is 0 Å². The lowest BCUT2D eigenvalue weighted by molar-refractivity contribution is 0.0691. The number of aromatic carboxylic acids is 1. The number of thiol groups is 1. The lowest BCUT2D eigenvalue weighted by Crippen LogP contribution is -2.07. The SMILES string of the molecule is Cc1ccc(-c2cc(-c3nn(-c4nc(C(=O)O)cs4)c(CC4C=C4)c3Cc3ccc([SH+](N)=O)cc3F)ccc2F)cc1. The first-order valence-corrected chi connectivity index (χ1v) is 15.2. The van der Waals surface area contributed by atoms with E-state index < -0.39 is 28.6 Å². The number of hydrogen-bond acceptors (Lipinski definition) is 5. The number of carboxylic acids is 1. The van der Waals surface area contributed by atoms with Crippen molar-refractivity contribution in [3.63, 3.8) is 0 Å². The fourth-order valence-electron chi connectivity index (χ4n) is 4.80. The van der Waals surface area contributed by atoms with Crippen LogP contribution in [0.3, 0.4) is 0 Å². The Morgan fingerprint density at radius 1 is 1.05 bits per heavy atom. The standard InChI is InChI=1S/C31H24F2N4O3S2/c1-17-2-6-19(7-3-17)23-14-21(9-11-25(23)32)29-24(13-20-8-10-22(42(34)40)15-26(20)33)28(12-18-4-5-18)37(36-29)31-35-27(16-41-31)30(38)39/h2-11,14-16,18H,12-13H2,1H3,(H2,34,40)(H,38,39)/p+1. The third kappa shape index (κ3) is 5.58. The molecule has 1 unspecified atom stereocenters. The fourth-order valence-corrected chi connectivity index (χ4v) is 6.04. The monoisotopic (exact) mass is 603 g/mol. The molecule has 42 heavy (non-hydrogen) atoms. The van der Waals surface area contributed by atoms with Gasteiger partial charge in [0.1, 0.15) is 11.6 Å². The van der Waals surface area contributed by atoms with Crippen molar-refractivity contribution in [3.05, 3.63) is 118 Å². The zero-order valence-corrected chi connectivity index (χ0v) is 24.0. The summed E-state index contributed by atoms with van der Waals surface area (Å²) in [4.78, 5) is 16.1. The first kappa shape index (κ1) is 27.8. The molecule has 1 atom stereocenters. The zero-order valence-electron chi connectivity index (χ0n) is 22.3. The highest BCUT2D eigenvalue weighted by Crippen LogP contribution is 2.37. The average Bonchev–Trinajstić information content (AvgIpc) is 3.52. The maximum atomic E-state index is 15.3. The minimum Gasteiger partial charge on any atom is -0.476 e. The third-order valence-electron chi connectivity index (χ3n) is 7.14. The molecule has 1 aliphatic rings. The molecule has 2 heterocycles. The van der Waals surface area contributed by atoms with Crippen molar-refractivity contribution in [3.8, 4) is 27.5 Å². The Morgan fingerprint density at radius 3 is 2.43 bits per heavy atom. The van der Waals surface area contributed by atoms with Crippen LogP contribution in [-0.4, -0.2) is 25.8 Å². The zero-order chi connectivity index (χ0) is 29.5. The van der Waals surface area contributed by atoms with Crippen LogP contribution in [-0.2, 0) is 28.0 Å². The smallest absolute Gasteiger partial charge is 0.355 e. The second-order valence-electron chi connectivity index (χ2n) is 10.1. The van der Waals surface area contributed by atoms with E-state index in [9.17, 15) is 14.1 Å². The van der Waals surface area contributed by atoms with Gasteiger partial charge in [-0.15, -0.1) is 16.5 Å². The van der Waals surface area contributed by atoms with Gasteiger partial charge in [0, 0.05) is 40.5 Å². The summed E-state index contributed by atoms with van der Waals surface area (Å²) in [5.41, 5.74) is 4.92. The highest BCUT2D eigenvalue weighted by Gasteiger charge is 2.27.